The van der Waals surface area contributed by atoms with Crippen molar-refractivity contribution in [2.24, 2.45) is 0 Å². The number of esters is 1. The molecule has 0 saturated carbocycles. The minimum atomic E-state index is -0.677. The van der Waals surface area contributed by atoms with Gasteiger partial charge in [0, 0.05) is 13.3 Å². The number of carbonyl (C=O) groups excluding carboxylic acids is 2. The SMILES string of the molecule is CCCc1noc(COC(=O)/C(=C\c2ccccc2)NC(C)=O)n1. The van der Waals surface area contributed by atoms with Gasteiger partial charge >= 0.3 is 5.97 Å². The van der Waals surface area contributed by atoms with E-state index in [1.54, 1.807) is 6.08 Å². The van der Waals surface area contributed by atoms with Gasteiger partial charge in [-0.15, -0.1) is 0 Å². The van der Waals surface area contributed by atoms with Crippen LogP contribution in [0.1, 0.15) is 37.5 Å². The van der Waals surface area contributed by atoms with Gasteiger partial charge in [-0.3, -0.25) is 4.79 Å². The molecule has 0 aliphatic carbocycles. The summed E-state index contributed by atoms with van der Waals surface area (Å²) in [4.78, 5) is 27.6. The minimum Gasteiger partial charge on any atom is -0.451 e. The quantitative estimate of drug-likeness (QED) is 0.618. The summed E-state index contributed by atoms with van der Waals surface area (Å²) in [6.45, 7) is 3.17. The summed E-state index contributed by atoms with van der Waals surface area (Å²) in [7, 11) is 0. The first-order valence-electron chi connectivity index (χ1n) is 7.61. The number of nitrogens with one attached hydrogen (secondary N) is 1. The van der Waals surface area contributed by atoms with Crippen LogP contribution in [-0.2, 0) is 27.4 Å². The fourth-order valence-corrected chi connectivity index (χ4v) is 1.93. The minimum absolute atomic E-state index is 0.0435. The molecule has 1 N–H and O–H groups in total. The molecule has 0 saturated heterocycles. The Bertz CT molecular complexity index is 722. The Morgan fingerprint density at radius 2 is 2.04 bits per heavy atom. The Labute approximate surface area is 139 Å². The van der Waals surface area contributed by atoms with Gasteiger partial charge in [-0.2, -0.15) is 4.98 Å². The van der Waals surface area contributed by atoms with E-state index in [0.717, 1.165) is 12.0 Å². The van der Waals surface area contributed by atoms with Crippen LogP contribution in [-0.4, -0.2) is 22.0 Å². The lowest BCUT2D eigenvalue weighted by Gasteiger charge is -2.07. The molecule has 0 unspecified atom stereocenters. The number of benzene rings is 1. The van der Waals surface area contributed by atoms with E-state index in [1.165, 1.54) is 6.92 Å². The molecule has 7 heteroatoms. The Balaban J connectivity index is 2.04. The van der Waals surface area contributed by atoms with E-state index in [2.05, 4.69) is 15.5 Å². The van der Waals surface area contributed by atoms with Crippen LogP contribution in [0, 0.1) is 0 Å². The van der Waals surface area contributed by atoms with Crippen molar-refractivity contribution in [2.75, 3.05) is 0 Å². The zero-order valence-electron chi connectivity index (χ0n) is 13.6. The van der Waals surface area contributed by atoms with Crippen molar-refractivity contribution in [1.82, 2.24) is 15.5 Å². The highest BCUT2D eigenvalue weighted by Gasteiger charge is 2.15. The normalized spacial score (nSPS) is 11.2. The van der Waals surface area contributed by atoms with Gasteiger partial charge in [0.1, 0.15) is 5.70 Å². The molecule has 1 heterocycles. The van der Waals surface area contributed by atoms with Crippen LogP contribution in [0.3, 0.4) is 0 Å². The Kier molecular flexibility index (Phi) is 6.24. The van der Waals surface area contributed by atoms with Crippen LogP contribution in [0.2, 0.25) is 0 Å². The summed E-state index contributed by atoms with van der Waals surface area (Å²) in [6.07, 6.45) is 3.13. The first kappa shape index (κ1) is 17.4. The first-order valence-corrected chi connectivity index (χ1v) is 7.61. The molecule has 0 aliphatic heterocycles. The van der Waals surface area contributed by atoms with Gasteiger partial charge in [0.25, 0.3) is 5.89 Å². The summed E-state index contributed by atoms with van der Waals surface area (Å²) in [6, 6.07) is 9.14. The maximum absolute atomic E-state index is 12.2. The average molecular weight is 329 g/mol. The molecule has 126 valence electrons. The van der Waals surface area contributed by atoms with Gasteiger partial charge in [-0.25, -0.2) is 4.79 Å². The predicted octanol–water partition coefficient (Wildman–Crippen LogP) is 2.24. The van der Waals surface area contributed by atoms with Gasteiger partial charge in [-0.1, -0.05) is 42.4 Å². The van der Waals surface area contributed by atoms with Crippen molar-refractivity contribution in [2.45, 2.75) is 33.3 Å². The van der Waals surface area contributed by atoms with Gasteiger partial charge in [0.05, 0.1) is 0 Å². The molecule has 2 rings (SSSR count). The molecule has 2 aromatic rings. The van der Waals surface area contributed by atoms with Crippen LogP contribution in [0.25, 0.3) is 6.08 Å². The highest BCUT2D eigenvalue weighted by molar-refractivity contribution is 5.97. The van der Waals surface area contributed by atoms with Crippen molar-refractivity contribution in [3.8, 4) is 0 Å². The highest BCUT2D eigenvalue weighted by Crippen LogP contribution is 2.08. The Morgan fingerprint density at radius 3 is 2.71 bits per heavy atom. The number of aromatic nitrogens is 2. The highest BCUT2D eigenvalue weighted by atomic mass is 16.6. The second kappa shape index (κ2) is 8.61. The third-order valence-corrected chi connectivity index (χ3v) is 2.95. The maximum Gasteiger partial charge on any atom is 0.355 e. The lowest BCUT2D eigenvalue weighted by molar-refractivity contribution is -0.142. The molecular weight excluding hydrogens is 310 g/mol. The zero-order valence-corrected chi connectivity index (χ0v) is 13.6. The van der Waals surface area contributed by atoms with Crippen LogP contribution in [0.4, 0.5) is 0 Å². The molecule has 1 aromatic carbocycles. The molecule has 0 atom stereocenters. The predicted molar refractivity (Wildman–Crippen MR) is 86.3 cm³/mol. The topological polar surface area (TPSA) is 94.3 Å². The van der Waals surface area contributed by atoms with E-state index in [0.29, 0.717) is 12.2 Å². The summed E-state index contributed by atoms with van der Waals surface area (Å²) < 4.78 is 10.1. The fourth-order valence-electron chi connectivity index (χ4n) is 1.93. The fraction of sp³-hybridized carbons (Fsp3) is 0.294. The average Bonchev–Trinajstić information content (AvgIpc) is 3.00. The summed E-state index contributed by atoms with van der Waals surface area (Å²) in [5.74, 6) is -0.249. The molecule has 0 fully saturated rings. The zero-order chi connectivity index (χ0) is 17.4. The number of hydrogen-bond donors (Lipinski definition) is 1. The molecule has 0 spiro atoms. The van der Waals surface area contributed by atoms with Crippen LogP contribution < -0.4 is 5.32 Å². The van der Waals surface area contributed by atoms with E-state index in [1.807, 2.05) is 37.3 Å². The van der Waals surface area contributed by atoms with Crippen molar-refractivity contribution in [3.63, 3.8) is 0 Å². The maximum atomic E-state index is 12.2. The molecule has 1 aromatic heterocycles. The summed E-state index contributed by atoms with van der Waals surface area (Å²) in [5, 5.41) is 6.25. The van der Waals surface area contributed by atoms with Crippen LogP contribution >= 0.6 is 0 Å². The lowest BCUT2D eigenvalue weighted by atomic mass is 10.2. The second-order valence-electron chi connectivity index (χ2n) is 5.08. The third-order valence-electron chi connectivity index (χ3n) is 2.95. The van der Waals surface area contributed by atoms with E-state index >= 15 is 0 Å². The van der Waals surface area contributed by atoms with Crippen LogP contribution in [0.5, 0.6) is 0 Å². The Morgan fingerprint density at radius 1 is 1.29 bits per heavy atom. The Hall–Kier alpha value is -2.96. The van der Waals surface area contributed by atoms with Gasteiger partial charge in [-0.05, 0) is 18.1 Å². The van der Waals surface area contributed by atoms with Crippen molar-refractivity contribution in [3.05, 3.63) is 53.3 Å². The number of ether oxygens (including phenoxy) is 1. The largest absolute Gasteiger partial charge is 0.451 e. The number of aryl methyl sites for hydroxylation is 1. The monoisotopic (exact) mass is 329 g/mol. The standard InChI is InChI=1S/C17H19N3O4/c1-3-7-15-19-16(24-20-15)11-23-17(22)14(18-12(2)21)10-13-8-5-4-6-9-13/h4-6,8-10H,3,7,11H2,1-2H3,(H,18,21)/b14-10+. The van der Waals surface area contributed by atoms with E-state index in [9.17, 15) is 9.59 Å². The number of amides is 1. The summed E-state index contributed by atoms with van der Waals surface area (Å²) in [5.41, 5.74) is 0.809. The molecular formula is C17H19N3O4. The number of nitrogens with zero attached hydrogens (tertiary/aromatic N) is 2. The number of hydrogen-bond acceptors (Lipinski definition) is 6. The van der Waals surface area contributed by atoms with Gasteiger partial charge in [0.2, 0.25) is 5.91 Å². The van der Waals surface area contributed by atoms with E-state index in [4.69, 9.17) is 9.26 Å². The smallest absolute Gasteiger partial charge is 0.355 e. The summed E-state index contributed by atoms with van der Waals surface area (Å²) >= 11 is 0. The van der Waals surface area contributed by atoms with E-state index < -0.39 is 5.97 Å². The molecule has 1 amide bonds. The van der Waals surface area contributed by atoms with Crippen molar-refractivity contribution in [1.29, 1.82) is 0 Å². The van der Waals surface area contributed by atoms with Crippen LogP contribution in [0.15, 0.2) is 40.6 Å². The van der Waals surface area contributed by atoms with E-state index in [-0.39, 0.29) is 24.1 Å². The lowest BCUT2D eigenvalue weighted by Crippen LogP contribution is -2.26. The second-order valence-corrected chi connectivity index (χ2v) is 5.08. The van der Waals surface area contributed by atoms with Crippen molar-refractivity contribution < 1.29 is 18.8 Å². The molecule has 24 heavy (non-hydrogen) atoms. The molecule has 7 nitrogen and oxygen atoms in total. The van der Waals surface area contributed by atoms with Gasteiger partial charge < -0.3 is 14.6 Å². The molecule has 0 aliphatic rings. The van der Waals surface area contributed by atoms with Crippen molar-refractivity contribution >= 4 is 18.0 Å². The first-order chi connectivity index (χ1) is 11.6. The number of carbonyl (C=O) groups is 2. The third kappa shape index (κ3) is 5.35. The number of rotatable bonds is 7. The molecule has 0 bridgehead atoms. The molecule has 0 radical (unpaired) electrons. The van der Waals surface area contributed by atoms with Gasteiger partial charge in [0.15, 0.2) is 12.4 Å².